The zero-order valence-electron chi connectivity index (χ0n) is 11.1. The minimum Gasteiger partial charge on any atom is -0.466 e. The molecule has 1 fully saturated rings. The fourth-order valence-corrected chi connectivity index (χ4v) is 3.09. The lowest BCUT2D eigenvalue weighted by atomic mass is 9.85. The van der Waals surface area contributed by atoms with Gasteiger partial charge < -0.3 is 15.0 Å². The molecule has 1 saturated carbocycles. The van der Waals surface area contributed by atoms with Crippen LogP contribution in [0.5, 0.6) is 0 Å². The van der Waals surface area contributed by atoms with Crippen molar-refractivity contribution in [2.24, 2.45) is 5.92 Å². The first kappa shape index (κ1) is 14.3. The Morgan fingerprint density at radius 3 is 3.11 bits per heavy atom. The van der Waals surface area contributed by atoms with E-state index in [1.54, 1.807) is 0 Å². The number of carbonyl (C=O) groups excluding carboxylic acids is 1. The maximum absolute atomic E-state index is 11.7. The van der Waals surface area contributed by atoms with Crippen LogP contribution in [0.2, 0.25) is 0 Å². The van der Waals surface area contributed by atoms with E-state index in [0.29, 0.717) is 19.2 Å². The number of esters is 1. The molecule has 0 aromatic carbocycles. The number of aromatic nitrogens is 1. The Morgan fingerprint density at radius 2 is 2.42 bits per heavy atom. The lowest BCUT2D eigenvalue weighted by Crippen LogP contribution is -2.36. The zero-order valence-corrected chi connectivity index (χ0v) is 11.9. The third kappa shape index (κ3) is 4.18. The highest BCUT2D eigenvalue weighted by molar-refractivity contribution is 7.07. The molecule has 0 radical (unpaired) electrons. The van der Waals surface area contributed by atoms with Crippen LogP contribution in [0.4, 0.5) is 0 Å². The number of aromatic amines is 1. The van der Waals surface area contributed by atoms with E-state index in [1.807, 2.05) is 12.3 Å². The summed E-state index contributed by atoms with van der Waals surface area (Å²) in [5.41, 5.74) is 0.910. The largest absolute Gasteiger partial charge is 0.466 e. The molecule has 0 saturated heterocycles. The Balaban J connectivity index is 1.80. The molecule has 1 aliphatic rings. The smallest absolute Gasteiger partial charge is 0.308 e. The van der Waals surface area contributed by atoms with Crippen molar-refractivity contribution in [3.05, 3.63) is 20.7 Å². The Labute approximate surface area is 116 Å². The van der Waals surface area contributed by atoms with Crippen LogP contribution >= 0.6 is 11.3 Å². The summed E-state index contributed by atoms with van der Waals surface area (Å²) in [7, 11) is 0. The summed E-state index contributed by atoms with van der Waals surface area (Å²) in [6, 6.07) is 0.326. The van der Waals surface area contributed by atoms with E-state index in [9.17, 15) is 9.59 Å². The van der Waals surface area contributed by atoms with Gasteiger partial charge in [-0.1, -0.05) is 17.8 Å². The number of nitrogens with one attached hydrogen (secondary N) is 2. The lowest BCUT2D eigenvalue weighted by Gasteiger charge is -2.28. The molecule has 0 spiro atoms. The molecule has 2 rings (SSSR count). The van der Waals surface area contributed by atoms with E-state index in [0.717, 1.165) is 31.4 Å². The average molecular weight is 284 g/mol. The minimum atomic E-state index is -0.0714. The summed E-state index contributed by atoms with van der Waals surface area (Å²) in [6.07, 6.45) is 3.87. The molecule has 1 aromatic heterocycles. The van der Waals surface area contributed by atoms with Crippen molar-refractivity contribution >= 4 is 17.3 Å². The zero-order chi connectivity index (χ0) is 13.7. The van der Waals surface area contributed by atoms with Crippen LogP contribution in [-0.2, 0) is 16.1 Å². The van der Waals surface area contributed by atoms with Gasteiger partial charge in [-0.3, -0.25) is 9.59 Å². The molecule has 2 N–H and O–H groups in total. The summed E-state index contributed by atoms with van der Waals surface area (Å²) >= 11 is 1.18. The number of thiazole rings is 1. The molecule has 1 aromatic rings. The quantitative estimate of drug-likeness (QED) is 0.807. The van der Waals surface area contributed by atoms with Gasteiger partial charge in [0.2, 0.25) is 0 Å². The van der Waals surface area contributed by atoms with Gasteiger partial charge in [-0.25, -0.2) is 0 Å². The van der Waals surface area contributed by atoms with Crippen molar-refractivity contribution in [1.82, 2.24) is 10.3 Å². The van der Waals surface area contributed by atoms with Gasteiger partial charge in [0.05, 0.1) is 12.5 Å². The number of hydrogen-bond acceptors (Lipinski definition) is 5. The molecule has 1 aliphatic carbocycles. The van der Waals surface area contributed by atoms with Crippen molar-refractivity contribution in [2.75, 3.05) is 6.61 Å². The fourth-order valence-electron chi connectivity index (χ4n) is 2.50. The van der Waals surface area contributed by atoms with Crippen molar-refractivity contribution in [2.45, 2.75) is 45.2 Å². The Bertz CT molecular complexity index is 468. The summed E-state index contributed by atoms with van der Waals surface area (Å²) in [5, 5.41) is 5.24. The van der Waals surface area contributed by atoms with Gasteiger partial charge in [0.15, 0.2) is 0 Å². The molecule has 6 heteroatoms. The van der Waals surface area contributed by atoms with Gasteiger partial charge in [0, 0.05) is 23.7 Å². The Kier molecular flexibility index (Phi) is 5.15. The molecular formula is C13H20N2O3S. The SMILES string of the molecule is CCOC(=O)C1CCCC(NCc2csc(=O)[nH]2)C1. The third-order valence-electron chi connectivity index (χ3n) is 3.45. The molecule has 5 nitrogen and oxygen atoms in total. The summed E-state index contributed by atoms with van der Waals surface area (Å²) in [4.78, 5) is 25.5. The van der Waals surface area contributed by atoms with Crippen LogP contribution in [0.25, 0.3) is 0 Å². The highest BCUT2D eigenvalue weighted by Gasteiger charge is 2.27. The first-order valence-electron chi connectivity index (χ1n) is 6.75. The van der Waals surface area contributed by atoms with Gasteiger partial charge in [-0.05, 0) is 26.2 Å². The second-order valence-electron chi connectivity index (χ2n) is 4.87. The maximum Gasteiger partial charge on any atom is 0.308 e. The van der Waals surface area contributed by atoms with Crippen LogP contribution in [0.3, 0.4) is 0 Å². The second kappa shape index (κ2) is 6.86. The molecular weight excluding hydrogens is 264 g/mol. The van der Waals surface area contributed by atoms with E-state index in [-0.39, 0.29) is 16.8 Å². The van der Waals surface area contributed by atoms with Crippen LogP contribution in [0.1, 0.15) is 38.3 Å². The van der Waals surface area contributed by atoms with Crippen molar-refractivity contribution in [3.63, 3.8) is 0 Å². The van der Waals surface area contributed by atoms with Crippen LogP contribution < -0.4 is 10.2 Å². The van der Waals surface area contributed by atoms with Crippen LogP contribution in [0, 0.1) is 5.92 Å². The monoisotopic (exact) mass is 284 g/mol. The molecule has 0 bridgehead atoms. The van der Waals surface area contributed by atoms with Gasteiger partial charge in [-0.15, -0.1) is 0 Å². The van der Waals surface area contributed by atoms with Crippen molar-refractivity contribution in [1.29, 1.82) is 0 Å². The lowest BCUT2D eigenvalue weighted by molar-refractivity contribution is -0.149. The number of rotatable bonds is 5. The summed E-state index contributed by atoms with van der Waals surface area (Å²) in [6.45, 7) is 2.94. The summed E-state index contributed by atoms with van der Waals surface area (Å²) in [5.74, 6) is -0.0503. The maximum atomic E-state index is 11.7. The predicted molar refractivity (Wildman–Crippen MR) is 74.2 cm³/mol. The topological polar surface area (TPSA) is 71.2 Å². The summed E-state index contributed by atoms with van der Waals surface area (Å²) < 4.78 is 5.08. The second-order valence-corrected chi connectivity index (χ2v) is 5.71. The normalized spacial score (nSPS) is 23.2. The van der Waals surface area contributed by atoms with Crippen LogP contribution in [0.15, 0.2) is 10.2 Å². The first-order chi connectivity index (χ1) is 9.19. The van der Waals surface area contributed by atoms with Gasteiger partial charge >= 0.3 is 10.8 Å². The standard InChI is InChI=1S/C13H20N2O3S/c1-2-18-12(16)9-4-3-5-10(6-9)14-7-11-8-19-13(17)15-11/h8-10,14H,2-7H2,1H3,(H,15,17). The highest BCUT2D eigenvalue weighted by atomic mass is 32.1. The Morgan fingerprint density at radius 1 is 1.58 bits per heavy atom. The van der Waals surface area contributed by atoms with Gasteiger partial charge in [0.1, 0.15) is 0 Å². The number of ether oxygens (including phenoxy) is 1. The van der Waals surface area contributed by atoms with Crippen molar-refractivity contribution in [3.8, 4) is 0 Å². The minimum absolute atomic E-state index is 0.0210. The van der Waals surface area contributed by atoms with E-state index in [2.05, 4.69) is 10.3 Å². The van der Waals surface area contributed by atoms with E-state index < -0.39 is 0 Å². The Hall–Kier alpha value is -1.14. The fraction of sp³-hybridized carbons (Fsp3) is 0.692. The molecule has 19 heavy (non-hydrogen) atoms. The number of H-pyrrole nitrogens is 1. The number of hydrogen-bond donors (Lipinski definition) is 2. The van der Waals surface area contributed by atoms with E-state index in [4.69, 9.17) is 4.74 Å². The molecule has 106 valence electrons. The molecule has 0 aliphatic heterocycles. The molecule has 2 unspecified atom stereocenters. The van der Waals surface area contributed by atoms with Crippen LogP contribution in [-0.4, -0.2) is 23.6 Å². The molecule has 0 amide bonds. The predicted octanol–water partition coefficient (Wildman–Crippen LogP) is 1.65. The molecule has 2 atom stereocenters. The average Bonchev–Trinajstić information content (AvgIpc) is 2.83. The molecule has 1 heterocycles. The van der Waals surface area contributed by atoms with E-state index in [1.165, 1.54) is 11.3 Å². The van der Waals surface area contributed by atoms with Gasteiger partial charge in [0.25, 0.3) is 0 Å². The van der Waals surface area contributed by atoms with Crippen molar-refractivity contribution < 1.29 is 9.53 Å². The van der Waals surface area contributed by atoms with Gasteiger partial charge in [-0.2, -0.15) is 0 Å². The first-order valence-corrected chi connectivity index (χ1v) is 7.63. The third-order valence-corrected chi connectivity index (χ3v) is 4.16. The highest BCUT2D eigenvalue weighted by Crippen LogP contribution is 2.25. The number of carbonyl (C=O) groups is 1. The van der Waals surface area contributed by atoms with E-state index >= 15 is 0 Å².